The summed E-state index contributed by atoms with van der Waals surface area (Å²) in [4.78, 5) is 0. The van der Waals surface area contributed by atoms with Crippen LogP contribution >= 0.6 is 0 Å². The number of hydrogen-bond acceptors (Lipinski definition) is 4. The van der Waals surface area contributed by atoms with E-state index < -0.39 is 6.10 Å². The average Bonchev–Trinajstić information content (AvgIpc) is 2.49. The van der Waals surface area contributed by atoms with Crippen molar-refractivity contribution in [2.24, 2.45) is 0 Å². The number of ether oxygens (including phenoxy) is 1. The molecule has 0 amide bonds. The number of unbranched alkanes of at least 4 members (excludes halogenated alkanes) is 7. The third-order valence-corrected chi connectivity index (χ3v) is 4.38. The smallest absolute Gasteiger partial charge is 0.126 e. The first-order chi connectivity index (χ1) is 11.1. The molecule has 0 radical (unpaired) electrons. The van der Waals surface area contributed by atoms with Crippen LogP contribution in [0.2, 0.25) is 0 Å². The molecule has 5 heteroatoms. The topological polar surface area (TPSA) is 69.9 Å². The number of nitrogens with zero attached hydrogens (tertiary/aromatic N) is 1. The fraction of sp³-hybridized carbons (Fsp3) is 1.00. The summed E-state index contributed by atoms with van der Waals surface area (Å²) in [5.74, 6) is 0. The Hall–Kier alpha value is -0.200. The minimum atomic E-state index is -0.549. The minimum Gasteiger partial charge on any atom is -0.391 e. The Morgan fingerprint density at radius 1 is 0.870 bits per heavy atom. The summed E-state index contributed by atoms with van der Waals surface area (Å²) < 4.78 is 6.03. The molecule has 0 aliphatic carbocycles. The van der Waals surface area contributed by atoms with Gasteiger partial charge in [0, 0.05) is 6.61 Å². The molecule has 1 unspecified atom stereocenters. The van der Waals surface area contributed by atoms with E-state index in [4.69, 9.17) is 14.9 Å². The first-order valence-electron chi connectivity index (χ1n) is 9.39. The monoisotopic (exact) mass is 334 g/mol. The number of rotatable bonds is 17. The fourth-order valence-electron chi connectivity index (χ4n) is 2.90. The normalized spacial score (nSPS) is 13.4. The van der Waals surface area contributed by atoms with E-state index in [1.165, 1.54) is 44.9 Å². The molecular weight excluding hydrogens is 294 g/mol. The van der Waals surface area contributed by atoms with Gasteiger partial charge in [-0.05, 0) is 6.42 Å². The molecule has 23 heavy (non-hydrogen) atoms. The van der Waals surface area contributed by atoms with Crippen molar-refractivity contribution in [2.75, 3.05) is 53.1 Å². The van der Waals surface area contributed by atoms with Crippen molar-refractivity contribution in [1.82, 2.24) is 0 Å². The molecule has 0 spiro atoms. The van der Waals surface area contributed by atoms with Crippen LogP contribution in [0.5, 0.6) is 0 Å². The zero-order chi connectivity index (χ0) is 17.4. The predicted octanol–water partition coefficient (Wildman–Crippen LogP) is 1.94. The van der Waals surface area contributed by atoms with E-state index in [-0.39, 0.29) is 13.2 Å². The maximum atomic E-state index is 10.1. The van der Waals surface area contributed by atoms with Gasteiger partial charge in [0.05, 0.1) is 26.9 Å². The van der Waals surface area contributed by atoms with Crippen molar-refractivity contribution in [1.29, 1.82) is 0 Å². The number of quaternary nitrogens is 1. The van der Waals surface area contributed by atoms with Crippen LogP contribution in [-0.2, 0) is 4.74 Å². The van der Waals surface area contributed by atoms with Gasteiger partial charge < -0.3 is 24.5 Å². The summed E-state index contributed by atoms with van der Waals surface area (Å²) in [7, 11) is 1.94. The first kappa shape index (κ1) is 22.8. The van der Waals surface area contributed by atoms with Crippen LogP contribution < -0.4 is 0 Å². The lowest BCUT2D eigenvalue weighted by atomic mass is 10.1. The number of aliphatic hydroxyl groups excluding tert-OH is 3. The summed E-state index contributed by atoms with van der Waals surface area (Å²) in [6.45, 7) is 4.96. The van der Waals surface area contributed by atoms with Gasteiger partial charge in [-0.3, -0.25) is 0 Å². The molecule has 0 saturated heterocycles. The number of likely N-dealkylation sites (N-methyl/N-ethyl adjacent to an activating group) is 1. The molecule has 0 aromatic rings. The van der Waals surface area contributed by atoms with Crippen LogP contribution in [0.25, 0.3) is 0 Å². The second-order valence-electron chi connectivity index (χ2n) is 6.90. The first-order valence-corrected chi connectivity index (χ1v) is 9.39. The van der Waals surface area contributed by atoms with Crippen LogP contribution in [0.3, 0.4) is 0 Å². The highest BCUT2D eigenvalue weighted by Gasteiger charge is 2.24. The third-order valence-electron chi connectivity index (χ3n) is 4.38. The standard InChI is InChI=1S/C18H40NO4/c1-3-4-5-6-7-8-9-10-15-23-17-18(22)16-19(2,11-13-20)12-14-21/h18,20-22H,3-17H2,1-2H3/q+1. The zero-order valence-electron chi connectivity index (χ0n) is 15.4. The van der Waals surface area contributed by atoms with Crippen molar-refractivity contribution in [3.8, 4) is 0 Å². The Bertz CT molecular complexity index is 245. The maximum Gasteiger partial charge on any atom is 0.126 e. The van der Waals surface area contributed by atoms with Crippen molar-refractivity contribution < 1.29 is 24.5 Å². The minimum absolute atomic E-state index is 0.0579. The molecule has 0 heterocycles. The fourth-order valence-corrected chi connectivity index (χ4v) is 2.90. The van der Waals surface area contributed by atoms with E-state index in [1.54, 1.807) is 0 Å². The predicted molar refractivity (Wildman–Crippen MR) is 94.4 cm³/mol. The zero-order valence-corrected chi connectivity index (χ0v) is 15.4. The third kappa shape index (κ3) is 13.9. The molecule has 0 aliphatic rings. The van der Waals surface area contributed by atoms with Gasteiger partial charge in [0.15, 0.2) is 0 Å². The molecule has 0 rings (SSSR count). The second kappa shape index (κ2) is 15.3. The average molecular weight is 335 g/mol. The largest absolute Gasteiger partial charge is 0.391 e. The van der Waals surface area contributed by atoms with Gasteiger partial charge in [-0.2, -0.15) is 0 Å². The Morgan fingerprint density at radius 3 is 1.91 bits per heavy atom. The number of aliphatic hydroxyl groups is 3. The van der Waals surface area contributed by atoms with Crippen LogP contribution in [0.1, 0.15) is 58.3 Å². The van der Waals surface area contributed by atoms with Crippen molar-refractivity contribution in [3.05, 3.63) is 0 Å². The van der Waals surface area contributed by atoms with Crippen LogP contribution in [0.4, 0.5) is 0 Å². The Morgan fingerprint density at radius 2 is 1.39 bits per heavy atom. The van der Waals surface area contributed by atoms with Gasteiger partial charge >= 0.3 is 0 Å². The highest BCUT2D eigenvalue weighted by molar-refractivity contribution is 4.54. The highest BCUT2D eigenvalue weighted by atomic mass is 16.5. The molecule has 1 atom stereocenters. The SMILES string of the molecule is CCCCCCCCCCOCC(O)C[N+](C)(CCO)CCO. The summed E-state index contributed by atoms with van der Waals surface area (Å²) in [6.07, 6.45) is 9.66. The molecule has 5 nitrogen and oxygen atoms in total. The molecule has 0 saturated carbocycles. The van der Waals surface area contributed by atoms with Crippen LogP contribution in [0, 0.1) is 0 Å². The van der Waals surface area contributed by atoms with Crippen LogP contribution in [0.15, 0.2) is 0 Å². The Kier molecular flexibility index (Phi) is 15.2. The summed E-state index contributed by atoms with van der Waals surface area (Å²) in [5.41, 5.74) is 0. The molecule has 140 valence electrons. The van der Waals surface area contributed by atoms with Gasteiger partial charge in [0.25, 0.3) is 0 Å². The number of hydrogen-bond donors (Lipinski definition) is 3. The lowest BCUT2D eigenvalue weighted by molar-refractivity contribution is -0.913. The maximum absolute atomic E-state index is 10.1. The van der Waals surface area contributed by atoms with Crippen molar-refractivity contribution >= 4 is 0 Å². The summed E-state index contributed by atoms with van der Waals surface area (Å²) in [6, 6.07) is 0. The van der Waals surface area contributed by atoms with Gasteiger partial charge in [-0.25, -0.2) is 0 Å². The Labute approximate surface area is 142 Å². The van der Waals surface area contributed by atoms with E-state index in [9.17, 15) is 5.11 Å². The van der Waals surface area contributed by atoms with E-state index in [2.05, 4.69) is 6.92 Å². The van der Waals surface area contributed by atoms with Crippen molar-refractivity contribution in [2.45, 2.75) is 64.4 Å². The van der Waals surface area contributed by atoms with Gasteiger partial charge in [-0.1, -0.05) is 51.9 Å². The molecule has 0 aromatic heterocycles. The lowest BCUT2D eigenvalue weighted by Crippen LogP contribution is -2.52. The molecule has 3 N–H and O–H groups in total. The Balaban J connectivity index is 3.56. The quantitative estimate of drug-likeness (QED) is 0.281. The van der Waals surface area contributed by atoms with Gasteiger partial charge in [0.1, 0.15) is 25.7 Å². The second-order valence-corrected chi connectivity index (χ2v) is 6.90. The van der Waals surface area contributed by atoms with Gasteiger partial charge in [0.2, 0.25) is 0 Å². The molecule has 0 aliphatic heterocycles. The highest BCUT2D eigenvalue weighted by Crippen LogP contribution is 2.09. The van der Waals surface area contributed by atoms with E-state index in [0.717, 1.165) is 6.42 Å². The molecule has 0 aromatic carbocycles. The van der Waals surface area contributed by atoms with E-state index in [1.807, 2.05) is 7.05 Å². The van der Waals surface area contributed by atoms with E-state index in [0.29, 0.717) is 37.3 Å². The summed E-state index contributed by atoms with van der Waals surface area (Å²) in [5, 5.41) is 28.2. The van der Waals surface area contributed by atoms with E-state index >= 15 is 0 Å². The lowest BCUT2D eigenvalue weighted by Gasteiger charge is -2.35. The summed E-state index contributed by atoms with van der Waals surface area (Å²) >= 11 is 0. The molecule has 0 bridgehead atoms. The molecular formula is C18H40NO4+. The van der Waals surface area contributed by atoms with Crippen LogP contribution in [-0.4, -0.2) is 79.0 Å². The van der Waals surface area contributed by atoms with Gasteiger partial charge in [-0.15, -0.1) is 0 Å². The molecule has 0 fully saturated rings. The van der Waals surface area contributed by atoms with Crippen molar-refractivity contribution in [3.63, 3.8) is 0 Å².